The summed E-state index contributed by atoms with van der Waals surface area (Å²) in [5.74, 6) is 0. The summed E-state index contributed by atoms with van der Waals surface area (Å²) >= 11 is 1.04. The molecule has 0 aliphatic carbocycles. The van der Waals surface area contributed by atoms with E-state index in [2.05, 4.69) is 10.3 Å². The van der Waals surface area contributed by atoms with Crippen LogP contribution in [0.25, 0.3) is 0 Å². The first-order valence-electron chi connectivity index (χ1n) is 3.90. The van der Waals surface area contributed by atoms with E-state index < -0.39 is 20.7 Å². The molecule has 0 aliphatic heterocycles. The Morgan fingerprint density at radius 1 is 1.28 bits per heavy atom. The van der Waals surface area contributed by atoms with Crippen molar-refractivity contribution < 1.29 is 90.7 Å². The minimum absolute atomic E-state index is 0. The number of aryl methyl sites for hydroxylation is 1. The third kappa shape index (κ3) is 6.95. The molecule has 18 heavy (non-hydrogen) atoms. The minimum atomic E-state index is -4.96. The standard InChI is InChI=1S/C5H10N2O6P2S.2Na.2H/c1-3-2-6-4(16-3)7-5(14(8,9)10)15(11,12)13;;;;/h2,5H,1H3,(H,6,7)(H2,8,9,10)(H2,11,12,13);;;;/q;2*+1;2*-1. The first-order chi connectivity index (χ1) is 7.10. The Bertz CT molecular complexity index is 460. The molecule has 1 aromatic heterocycles. The van der Waals surface area contributed by atoms with Crippen LogP contribution < -0.4 is 64.4 Å². The monoisotopic (exact) mass is 336 g/mol. The molecule has 5 N–H and O–H groups in total. The van der Waals surface area contributed by atoms with Crippen molar-refractivity contribution in [2.45, 2.75) is 12.4 Å². The molecular formula is C5H12N2Na2O6P2S. The maximum Gasteiger partial charge on any atom is 1.00 e. The van der Waals surface area contributed by atoms with E-state index in [1.807, 2.05) is 0 Å². The first-order valence-corrected chi connectivity index (χ1v) is 8.08. The van der Waals surface area contributed by atoms with Gasteiger partial charge in [-0.15, -0.1) is 11.3 Å². The molecule has 0 fully saturated rings. The van der Waals surface area contributed by atoms with Crippen LogP contribution in [0.15, 0.2) is 6.20 Å². The van der Waals surface area contributed by atoms with Crippen molar-refractivity contribution in [1.29, 1.82) is 0 Å². The zero-order chi connectivity index (χ0) is 12.6. The van der Waals surface area contributed by atoms with Crippen molar-refractivity contribution in [3.8, 4) is 0 Å². The van der Waals surface area contributed by atoms with Gasteiger partial charge in [-0.3, -0.25) is 9.13 Å². The Kier molecular flexibility index (Phi) is 10.1. The van der Waals surface area contributed by atoms with Gasteiger partial charge in [0.1, 0.15) is 0 Å². The van der Waals surface area contributed by atoms with Crippen LogP contribution >= 0.6 is 26.5 Å². The van der Waals surface area contributed by atoms with Crippen molar-refractivity contribution in [3.63, 3.8) is 0 Å². The van der Waals surface area contributed by atoms with Crippen molar-refractivity contribution in [2.75, 3.05) is 5.32 Å². The number of nitrogens with one attached hydrogen (secondary N) is 1. The van der Waals surface area contributed by atoms with Crippen molar-refractivity contribution in [3.05, 3.63) is 11.1 Å². The van der Waals surface area contributed by atoms with Gasteiger partial charge in [0.2, 0.25) is 5.52 Å². The van der Waals surface area contributed by atoms with Gasteiger partial charge in [0.05, 0.1) is 0 Å². The van der Waals surface area contributed by atoms with Crippen molar-refractivity contribution in [1.82, 2.24) is 4.98 Å². The molecule has 1 aromatic rings. The fraction of sp³-hybridized carbons (Fsp3) is 0.400. The Hall–Kier alpha value is 1.73. The van der Waals surface area contributed by atoms with Gasteiger partial charge in [-0.25, -0.2) is 4.98 Å². The van der Waals surface area contributed by atoms with E-state index >= 15 is 0 Å². The quantitative estimate of drug-likeness (QED) is 0.271. The summed E-state index contributed by atoms with van der Waals surface area (Å²) in [6, 6.07) is 0. The summed E-state index contributed by atoms with van der Waals surface area (Å²) in [7, 11) is -9.92. The fourth-order valence-electron chi connectivity index (χ4n) is 0.896. The van der Waals surface area contributed by atoms with Crippen LogP contribution in [0.4, 0.5) is 5.13 Å². The smallest absolute Gasteiger partial charge is 1.00 e. The van der Waals surface area contributed by atoms with Gasteiger partial charge in [0.15, 0.2) is 5.13 Å². The molecule has 8 nitrogen and oxygen atoms in total. The van der Waals surface area contributed by atoms with E-state index in [9.17, 15) is 9.13 Å². The van der Waals surface area contributed by atoms with Crippen molar-refractivity contribution in [2.24, 2.45) is 0 Å². The molecule has 0 aromatic carbocycles. The average Bonchev–Trinajstić information content (AvgIpc) is 2.43. The second kappa shape index (κ2) is 8.24. The van der Waals surface area contributed by atoms with E-state index in [0.29, 0.717) is 0 Å². The molecule has 0 saturated carbocycles. The molecule has 1 heterocycles. The third-order valence-corrected chi connectivity index (χ3v) is 5.69. The van der Waals surface area contributed by atoms with Gasteiger partial charge in [-0.1, -0.05) is 0 Å². The molecule has 0 aliphatic rings. The summed E-state index contributed by atoms with van der Waals surface area (Å²) in [6.07, 6.45) is 1.42. The Balaban J connectivity index is -0.000000320. The van der Waals surface area contributed by atoms with Gasteiger partial charge in [-0.05, 0) is 6.92 Å². The van der Waals surface area contributed by atoms with Crippen LogP contribution in [0.1, 0.15) is 7.73 Å². The Morgan fingerprint density at radius 3 is 2.00 bits per heavy atom. The summed E-state index contributed by atoms with van der Waals surface area (Å²) in [5, 5.41) is 2.11. The Morgan fingerprint density at radius 2 is 1.72 bits per heavy atom. The molecule has 0 spiro atoms. The predicted octanol–water partition coefficient (Wildman–Crippen LogP) is -5.26. The largest absolute Gasteiger partial charge is 1.00 e. The Labute approximate surface area is 154 Å². The fourth-order valence-corrected chi connectivity index (χ4v) is 3.91. The van der Waals surface area contributed by atoms with Crippen LogP contribution in [-0.2, 0) is 9.13 Å². The van der Waals surface area contributed by atoms with E-state index in [0.717, 1.165) is 16.2 Å². The van der Waals surface area contributed by atoms with Gasteiger partial charge in [0.25, 0.3) is 0 Å². The van der Waals surface area contributed by atoms with Crippen LogP contribution in [0.3, 0.4) is 0 Å². The summed E-state index contributed by atoms with van der Waals surface area (Å²) in [5.41, 5.74) is -2.26. The summed E-state index contributed by atoms with van der Waals surface area (Å²) in [6.45, 7) is 1.70. The molecule has 0 amide bonds. The molecule has 0 bridgehead atoms. The number of anilines is 1. The van der Waals surface area contributed by atoms with Crippen LogP contribution in [0, 0.1) is 6.92 Å². The number of hydrogen-bond acceptors (Lipinski definition) is 5. The van der Waals surface area contributed by atoms with Gasteiger partial charge >= 0.3 is 74.3 Å². The maximum atomic E-state index is 10.9. The van der Waals surface area contributed by atoms with E-state index in [1.54, 1.807) is 6.92 Å². The van der Waals surface area contributed by atoms with Crippen LogP contribution in [0.5, 0.6) is 0 Å². The SMILES string of the molecule is Cc1cnc(NC(P(=O)(O)O)P(=O)(O)O)s1.[H-].[H-].[Na+].[Na+]. The third-order valence-electron chi connectivity index (χ3n) is 1.51. The second-order valence-corrected chi connectivity index (χ2v) is 8.00. The van der Waals surface area contributed by atoms with E-state index in [-0.39, 0.29) is 67.1 Å². The number of aromatic nitrogens is 1. The topological polar surface area (TPSA) is 140 Å². The molecule has 0 atom stereocenters. The molecule has 0 unspecified atom stereocenters. The first kappa shape index (κ1) is 22.0. The molecule has 0 radical (unpaired) electrons. The zero-order valence-electron chi connectivity index (χ0n) is 12.0. The zero-order valence-corrected chi connectivity index (χ0v) is 16.6. The molecule has 1 rings (SSSR count). The molecule has 0 saturated heterocycles. The molecule has 13 heteroatoms. The van der Waals surface area contributed by atoms with E-state index in [1.165, 1.54) is 6.20 Å². The number of rotatable bonds is 4. The van der Waals surface area contributed by atoms with Gasteiger partial charge < -0.3 is 27.7 Å². The molecular weight excluding hydrogens is 324 g/mol. The summed E-state index contributed by atoms with van der Waals surface area (Å²) in [4.78, 5) is 39.7. The van der Waals surface area contributed by atoms with Gasteiger partial charge in [0, 0.05) is 11.1 Å². The van der Waals surface area contributed by atoms with Crippen LogP contribution in [0.2, 0.25) is 0 Å². The minimum Gasteiger partial charge on any atom is -1.00 e. The second-order valence-electron chi connectivity index (χ2n) is 2.97. The van der Waals surface area contributed by atoms with Crippen molar-refractivity contribution >= 4 is 31.7 Å². The predicted molar refractivity (Wildman–Crippen MR) is 60.6 cm³/mol. The maximum absolute atomic E-state index is 10.9. The number of hydrogen-bond donors (Lipinski definition) is 5. The number of nitrogens with zero attached hydrogens (tertiary/aromatic N) is 1. The molecule has 96 valence electrons. The number of thiazole rings is 1. The van der Waals surface area contributed by atoms with Crippen LogP contribution in [-0.4, -0.2) is 30.1 Å². The average molecular weight is 336 g/mol. The van der Waals surface area contributed by atoms with E-state index in [4.69, 9.17) is 19.6 Å². The normalized spacial score (nSPS) is 11.7. The summed E-state index contributed by atoms with van der Waals surface area (Å²) < 4.78 is 21.8. The van der Waals surface area contributed by atoms with Gasteiger partial charge in [-0.2, -0.15) is 0 Å².